The zero-order valence-electron chi connectivity index (χ0n) is 14.1. The predicted molar refractivity (Wildman–Crippen MR) is 87.5 cm³/mol. The number of hydrogen-bond acceptors (Lipinski definition) is 3. The molecule has 25 heavy (non-hydrogen) atoms. The third kappa shape index (κ3) is 5.20. The van der Waals surface area contributed by atoms with E-state index in [1.54, 1.807) is 51.2 Å². The number of aryl methyl sites for hydroxylation is 1. The lowest BCUT2D eigenvalue weighted by Crippen LogP contribution is -2.41. The summed E-state index contributed by atoms with van der Waals surface area (Å²) in [6.07, 6.45) is -2.88. The van der Waals surface area contributed by atoms with Gasteiger partial charge in [-0.3, -0.25) is 9.78 Å². The van der Waals surface area contributed by atoms with Crippen LogP contribution in [0.15, 0.2) is 42.6 Å². The Morgan fingerprint density at radius 2 is 1.92 bits per heavy atom. The van der Waals surface area contributed by atoms with E-state index in [0.717, 1.165) is 0 Å². The van der Waals surface area contributed by atoms with Gasteiger partial charge in [-0.15, -0.1) is 0 Å². The van der Waals surface area contributed by atoms with Crippen molar-refractivity contribution in [3.05, 3.63) is 59.4 Å². The number of alkyl halides is 3. The SMILES string of the molecule is Cc1ccc(C(=O)NC(C)(C)c2ccccn2)c(OCC(F)(F)F)c1. The summed E-state index contributed by atoms with van der Waals surface area (Å²) >= 11 is 0. The van der Waals surface area contributed by atoms with Crippen LogP contribution in [0.2, 0.25) is 0 Å². The van der Waals surface area contributed by atoms with E-state index in [1.165, 1.54) is 12.1 Å². The minimum Gasteiger partial charge on any atom is -0.483 e. The normalized spacial score (nSPS) is 11.9. The van der Waals surface area contributed by atoms with Crippen LogP contribution in [0.5, 0.6) is 5.75 Å². The maximum Gasteiger partial charge on any atom is 0.422 e. The molecule has 0 atom stereocenters. The standard InChI is InChI=1S/C18H19F3N2O2/c1-12-7-8-13(14(10-12)25-11-18(19,20)21)16(24)23-17(2,3)15-6-4-5-9-22-15/h4-10H,11H2,1-3H3,(H,23,24). The van der Waals surface area contributed by atoms with Crippen molar-refractivity contribution in [3.8, 4) is 5.75 Å². The highest BCUT2D eigenvalue weighted by atomic mass is 19.4. The van der Waals surface area contributed by atoms with E-state index in [4.69, 9.17) is 4.74 Å². The monoisotopic (exact) mass is 352 g/mol. The van der Waals surface area contributed by atoms with E-state index in [2.05, 4.69) is 10.3 Å². The van der Waals surface area contributed by atoms with Crippen LogP contribution in [-0.2, 0) is 5.54 Å². The molecule has 2 rings (SSSR count). The second-order valence-corrected chi connectivity index (χ2v) is 6.20. The van der Waals surface area contributed by atoms with Gasteiger partial charge < -0.3 is 10.1 Å². The summed E-state index contributed by atoms with van der Waals surface area (Å²) < 4.78 is 42.1. The molecule has 1 amide bonds. The summed E-state index contributed by atoms with van der Waals surface area (Å²) in [5, 5.41) is 2.78. The van der Waals surface area contributed by atoms with E-state index in [0.29, 0.717) is 11.3 Å². The van der Waals surface area contributed by atoms with Gasteiger partial charge in [-0.25, -0.2) is 0 Å². The number of pyridine rings is 1. The molecule has 4 nitrogen and oxygen atoms in total. The number of halogens is 3. The fourth-order valence-corrected chi connectivity index (χ4v) is 2.24. The van der Waals surface area contributed by atoms with Gasteiger partial charge >= 0.3 is 6.18 Å². The van der Waals surface area contributed by atoms with Crippen molar-refractivity contribution in [2.45, 2.75) is 32.5 Å². The number of carbonyl (C=O) groups excluding carboxylic acids is 1. The van der Waals surface area contributed by atoms with Gasteiger partial charge in [-0.05, 0) is 50.6 Å². The third-order valence-electron chi connectivity index (χ3n) is 3.50. The van der Waals surface area contributed by atoms with Gasteiger partial charge in [0.2, 0.25) is 0 Å². The zero-order chi connectivity index (χ0) is 18.7. The van der Waals surface area contributed by atoms with Crippen LogP contribution in [0, 0.1) is 6.92 Å². The largest absolute Gasteiger partial charge is 0.483 e. The Morgan fingerprint density at radius 3 is 2.52 bits per heavy atom. The number of nitrogens with one attached hydrogen (secondary N) is 1. The molecule has 0 spiro atoms. The summed E-state index contributed by atoms with van der Waals surface area (Å²) in [6.45, 7) is 3.77. The molecule has 1 N–H and O–H groups in total. The summed E-state index contributed by atoms with van der Waals surface area (Å²) in [7, 11) is 0. The Kier molecular flexibility index (Phi) is 5.35. The smallest absolute Gasteiger partial charge is 0.422 e. The lowest BCUT2D eigenvalue weighted by molar-refractivity contribution is -0.153. The molecule has 1 aromatic heterocycles. The van der Waals surface area contributed by atoms with Crippen molar-refractivity contribution in [3.63, 3.8) is 0 Å². The van der Waals surface area contributed by atoms with Crippen molar-refractivity contribution < 1.29 is 22.7 Å². The number of carbonyl (C=O) groups is 1. The molecule has 1 heterocycles. The first-order valence-corrected chi connectivity index (χ1v) is 7.63. The molecule has 0 aliphatic carbocycles. The number of rotatable bonds is 5. The lowest BCUT2D eigenvalue weighted by atomic mass is 9.99. The van der Waals surface area contributed by atoms with Crippen molar-refractivity contribution in [1.82, 2.24) is 10.3 Å². The highest BCUT2D eigenvalue weighted by Gasteiger charge is 2.30. The average molecular weight is 352 g/mol. The molecule has 0 aliphatic rings. The number of nitrogens with zero attached hydrogens (tertiary/aromatic N) is 1. The van der Waals surface area contributed by atoms with Crippen LogP contribution in [-0.4, -0.2) is 23.7 Å². The van der Waals surface area contributed by atoms with E-state index in [9.17, 15) is 18.0 Å². The second kappa shape index (κ2) is 7.13. The molecule has 134 valence electrons. The first kappa shape index (κ1) is 18.8. The number of benzene rings is 1. The molecular weight excluding hydrogens is 333 g/mol. The van der Waals surface area contributed by atoms with Gasteiger partial charge in [0.15, 0.2) is 6.61 Å². The number of amides is 1. The summed E-state index contributed by atoms with van der Waals surface area (Å²) in [5.41, 5.74) is 0.564. The summed E-state index contributed by atoms with van der Waals surface area (Å²) in [6, 6.07) is 9.81. The van der Waals surface area contributed by atoms with Crippen LogP contribution in [0.3, 0.4) is 0 Å². The summed E-state index contributed by atoms with van der Waals surface area (Å²) in [5.74, 6) is -0.639. The van der Waals surface area contributed by atoms with Gasteiger partial charge in [0.25, 0.3) is 5.91 Å². The van der Waals surface area contributed by atoms with Crippen molar-refractivity contribution in [1.29, 1.82) is 0 Å². The molecule has 1 aromatic carbocycles. The third-order valence-corrected chi connectivity index (χ3v) is 3.50. The molecule has 0 fully saturated rings. The second-order valence-electron chi connectivity index (χ2n) is 6.20. The highest BCUT2D eigenvalue weighted by molar-refractivity contribution is 5.97. The van der Waals surface area contributed by atoms with E-state index < -0.39 is 24.2 Å². The highest BCUT2D eigenvalue weighted by Crippen LogP contribution is 2.25. The quantitative estimate of drug-likeness (QED) is 0.885. The average Bonchev–Trinajstić information content (AvgIpc) is 2.52. The van der Waals surface area contributed by atoms with Crippen molar-refractivity contribution in [2.24, 2.45) is 0 Å². The van der Waals surface area contributed by atoms with Gasteiger partial charge in [-0.2, -0.15) is 13.2 Å². The van der Waals surface area contributed by atoms with Crippen LogP contribution in [0.1, 0.15) is 35.5 Å². The van der Waals surface area contributed by atoms with Crippen LogP contribution in [0.25, 0.3) is 0 Å². The first-order chi connectivity index (χ1) is 11.6. The minimum absolute atomic E-state index is 0.0406. The molecule has 0 saturated heterocycles. The minimum atomic E-state index is -4.48. The molecule has 0 bridgehead atoms. The Labute approximate surface area is 144 Å². The van der Waals surface area contributed by atoms with E-state index >= 15 is 0 Å². The number of aromatic nitrogens is 1. The Balaban J connectivity index is 2.24. The Morgan fingerprint density at radius 1 is 1.20 bits per heavy atom. The zero-order valence-corrected chi connectivity index (χ0v) is 14.1. The van der Waals surface area contributed by atoms with Crippen molar-refractivity contribution in [2.75, 3.05) is 6.61 Å². The van der Waals surface area contributed by atoms with E-state index in [1.807, 2.05) is 0 Å². The molecule has 0 unspecified atom stereocenters. The molecule has 0 aliphatic heterocycles. The lowest BCUT2D eigenvalue weighted by Gasteiger charge is -2.26. The Hall–Kier alpha value is -2.57. The maximum atomic E-state index is 12.6. The topological polar surface area (TPSA) is 51.2 Å². The molecule has 2 aromatic rings. The fourth-order valence-electron chi connectivity index (χ4n) is 2.24. The molecule has 0 radical (unpaired) electrons. The van der Waals surface area contributed by atoms with Crippen LogP contribution >= 0.6 is 0 Å². The number of ether oxygens (including phenoxy) is 1. The number of hydrogen-bond donors (Lipinski definition) is 1. The predicted octanol–water partition coefficient (Wildman–Crippen LogP) is 4.00. The van der Waals surface area contributed by atoms with Crippen LogP contribution in [0.4, 0.5) is 13.2 Å². The maximum absolute atomic E-state index is 12.6. The summed E-state index contributed by atoms with van der Waals surface area (Å²) in [4.78, 5) is 16.8. The van der Waals surface area contributed by atoms with Gasteiger partial charge in [0.1, 0.15) is 5.75 Å². The van der Waals surface area contributed by atoms with Gasteiger partial charge in [0, 0.05) is 6.20 Å². The Bertz CT molecular complexity index is 744. The molecule has 7 heteroatoms. The van der Waals surface area contributed by atoms with Crippen LogP contribution < -0.4 is 10.1 Å². The fraction of sp³-hybridized carbons (Fsp3) is 0.333. The molecule has 0 saturated carbocycles. The first-order valence-electron chi connectivity index (χ1n) is 7.63. The van der Waals surface area contributed by atoms with Gasteiger partial charge in [0.05, 0.1) is 16.8 Å². The van der Waals surface area contributed by atoms with Gasteiger partial charge in [-0.1, -0.05) is 12.1 Å². The van der Waals surface area contributed by atoms with Crippen molar-refractivity contribution >= 4 is 5.91 Å². The molecular formula is C18H19F3N2O2. The van der Waals surface area contributed by atoms with E-state index in [-0.39, 0.29) is 11.3 Å².